The average Bonchev–Trinajstić information content (AvgIpc) is 2.37. The van der Waals surface area contributed by atoms with Crippen LogP contribution in [-0.2, 0) is 6.42 Å². The Morgan fingerprint density at radius 3 is 2.53 bits per heavy atom. The highest BCUT2D eigenvalue weighted by molar-refractivity contribution is 5.74. The van der Waals surface area contributed by atoms with Crippen molar-refractivity contribution >= 4 is 5.69 Å². The molecule has 0 radical (unpaired) electrons. The van der Waals surface area contributed by atoms with E-state index in [9.17, 15) is 4.39 Å². The zero-order valence-electron chi connectivity index (χ0n) is 11.4. The Morgan fingerprint density at radius 1 is 1.05 bits per heavy atom. The SMILES string of the molecule is Cc1cc(F)cc(C)c1-c1ccc2c(c1)CCCN2. The molecular formula is C17H18FN. The van der Waals surface area contributed by atoms with Crippen LogP contribution in [0.4, 0.5) is 10.1 Å². The van der Waals surface area contributed by atoms with Crippen molar-refractivity contribution in [3.63, 3.8) is 0 Å². The molecule has 19 heavy (non-hydrogen) atoms. The molecule has 1 aliphatic rings. The Labute approximate surface area is 113 Å². The maximum Gasteiger partial charge on any atom is 0.123 e. The summed E-state index contributed by atoms with van der Waals surface area (Å²) in [6, 6.07) is 9.74. The van der Waals surface area contributed by atoms with E-state index in [4.69, 9.17) is 0 Å². The van der Waals surface area contributed by atoms with Gasteiger partial charge >= 0.3 is 0 Å². The third kappa shape index (κ3) is 2.23. The summed E-state index contributed by atoms with van der Waals surface area (Å²) < 4.78 is 13.4. The zero-order valence-corrected chi connectivity index (χ0v) is 11.4. The fourth-order valence-corrected chi connectivity index (χ4v) is 3.00. The van der Waals surface area contributed by atoms with Crippen LogP contribution in [-0.4, -0.2) is 6.54 Å². The van der Waals surface area contributed by atoms with E-state index in [2.05, 4.69) is 23.5 Å². The van der Waals surface area contributed by atoms with Crippen LogP contribution in [0, 0.1) is 19.7 Å². The highest BCUT2D eigenvalue weighted by Gasteiger charge is 2.12. The van der Waals surface area contributed by atoms with Gasteiger partial charge in [-0.25, -0.2) is 4.39 Å². The molecule has 2 aromatic carbocycles. The molecular weight excluding hydrogens is 237 g/mol. The van der Waals surface area contributed by atoms with E-state index < -0.39 is 0 Å². The topological polar surface area (TPSA) is 12.0 Å². The van der Waals surface area contributed by atoms with Crippen molar-refractivity contribution in [2.75, 3.05) is 11.9 Å². The van der Waals surface area contributed by atoms with Gasteiger partial charge in [0.15, 0.2) is 0 Å². The standard InChI is InChI=1S/C17H18FN/c1-11-8-15(18)9-12(2)17(11)14-5-6-16-13(10-14)4-3-7-19-16/h5-6,8-10,19H,3-4,7H2,1-2H3. The molecule has 0 saturated heterocycles. The van der Waals surface area contributed by atoms with Crippen LogP contribution in [0.1, 0.15) is 23.1 Å². The van der Waals surface area contributed by atoms with Crippen molar-refractivity contribution < 1.29 is 4.39 Å². The smallest absolute Gasteiger partial charge is 0.123 e. The van der Waals surface area contributed by atoms with Gasteiger partial charge in [-0.3, -0.25) is 0 Å². The number of hydrogen-bond acceptors (Lipinski definition) is 1. The lowest BCUT2D eigenvalue weighted by atomic mass is 9.92. The molecule has 0 bridgehead atoms. The van der Waals surface area contributed by atoms with Crippen LogP contribution in [0.25, 0.3) is 11.1 Å². The first-order chi connectivity index (χ1) is 9.15. The predicted octanol–water partition coefficient (Wildman–Crippen LogP) is 4.47. The Hall–Kier alpha value is -1.83. The number of hydrogen-bond donors (Lipinski definition) is 1. The molecule has 98 valence electrons. The third-order valence-corrected chi connectivity index (χ3v) is 3.83. The lowest BCUT2D eigenvalue weighted by molar-refractivity contribution is 0.625. The van der Waals surface area contributed by atoms with Gasteiger partial charge in [-0.05, 0) is 78.8 Å². The van der Waals surface area contributed by atoms with Crippen molar-refractivity contribution in [3.05, 3.63) is 52.8 Å². The van der Waals surface area contributed by atoms with E-state index in [0.29, 0.717) is 0 Å². The van der Waals surface area contributed by atoms with Crippen molar-refractivity contribution in [2.24, 2.45) is 0 Å². The van der Waals surface area contributed by atoms with Crippen molar-refractivity contribution in [2.45, 2.75) is 26.7 Å². The Bertz CT molecular complexity index is 608. The van der Waals surface area contributed by atoms with Crippen molar-refractivity contribution in [1.82, 2.24) is 0 Å². The van der Waals surface area contributed by atoms with Crippen molar-refractivity contribution in [1.29, 1.82) is 0 Å². The van der Waals surface area contributed by atoms with Gasteiger partial charge in [0.1, 0.15) is 5.82 Å². The molecule has 2 heteroatoms. The summed E-state index contributed by atoms with van der Waals surface area (Å²) in [6.07, 6.45) is 2.30. The van der Waals surface area contributed by atoms with E-state index in [1.807, 2.05) is 13.8 Å². The molecule has 1 N–H and O–H groups in total. The Balaban J connectivity index is 2.12. The van der Waals surface area contributed by atoms with E-state index in [1.54, 1.807) is 12.1 Å². The van der Waals surface area contributed by atoms with Crippen molar-refractivity contribution in [3.8, 4) is 11.1 Å². The van der Waals surface area contributed by atoms with Gasteiger partial charge in [0, 0.05) is 12.2 Å². The summed E-state index contributed by atoms with van der Waals surface area (Å²) in [5, 5.41) is 3.42. The van der Waals surface area contributed by atoms with Gasteiger partial charge in [0.2, 0.25) is 0 Å². The first kappa shape index (κ1) is 12.2. The molecule has 0 spiro atoms. The normalized spacial score (nSPS) is 13.8. The maximum absolute atomic E-state index is 13.4. The number of benzene rings is 2. The molecule has 0 aliphatic carbocycles. The van der Waals surface area contributed by atoms with Gasteiger partial charge in [-0.1, -0.05) is 6.07 Å². The third-order valence-electron chi connectivity index (χ3n) is 3.83. The summed E-state index contributed by atoms with van der Waals surface area (Å²) in [4.78, 5) is 0. The van der Waals surface area contributed by atoms with Crippen LogP contribution in [0.15, 0.2) is 30.3 Å². The Kier molecular flexibility index (Phi) is 3.02. The van der Waals surface area contributed by atoms with E-state index in [1.165, 1.54) is 23.2 Å². The number of anilines is 1. The van der Waals surface area contributed by atoms with Gasteiger partial charge in [0.05, 0.1) is 0 Å². The second kappa shape index (κ2) is 4.69. The van der Waals surface area contributed by atoms with E-state index >= 15 is 0 Å². The quantitative estimate of drug-likeness (QED) is 0.793. The molecule has 1 heterocycles. The summed E-state index contributed by atoms with van der Waals surface area (Å²) in [5.74, 6) is -0.154. The lowest BCUT2D eigenvalue weighted by Crippen LogP contribution is -2.11. The fraction of sp³-hybridized carbons (Fsp3) is 0.294. The molecule has 3 rings (SSSR count). The minimum Gasteiger partial charge on any atom is -0.385 e. The van der Waals surface area contributed by atoms with E-state index in [-0.39, 0.29) is 5.82 Å². The summed E-state index contributed by atoms with van der Waals surface area (Å²) in [5.41, 5.74) is 6.97. The first-order valence-corrected chi connectivity index (χ1v) is 6.79. The number of halogens is 1. The van der Waals surface area contributed by atoms with Crippen LogP contribution in [0.5, 0.6) is 0 Å². The van der Waals surface area contributed by atoms with Crippen LogP contribution in [0.2, 0.25) is 0 Å². The number of nitrogens with one attached hydrogen (secondary N) is 1. The lowest BCUT2D eigenvalue weighted by Gasteiger charge is -2.20. The number of fused-ring (bicyclic) bond motifs is 1. The molecule has 2 aromatic rings. The van der Waals surface area contributed by atoms with Crippen LogP contribution >= 0.6 is 0 Å². The first-order valence-electron chi connectivity index (χ1n) is 6.79. The molecule has 0 unspecified atom stereocenters. The second-order valence-electron chi connectivity index (χ2n) is 5.32. The molecule has 0 atom stereocenters. The molecule has 0 aromatic heterocycles. The predicted molar refractivity (Wildman–Crippen MR) is 78.1 cm³/mol. The Morgan fingerprint density at radius 2 is 1.79 bits per heavy atom. The summed E-state index contributed by atoms with van der Waals surface area (Å²) in [6.45, 7) is 5.01. The number of rotatable bonds is 1. The van der Waals surface area contributed by atoms with Gasteiger partial charge < -0.3 is 5.32 Å². The van der Waals surface area contributed by atoms with Crippen LogP contribution in [0.3, 0.4) is 0 Å². The van der Waals surface area contributed by atoms with E-state index in [0.717, 1.165) is 29.7 Å². The molecule has 0 amide bonds. The van der Waals surface area contributed by atoms with Crippen LogP contribution < -0.4 is 5.32 Å². The zero-order chi connectivity index (χ0) is 13.4. The highest BCUT2D eigenvalue weighted by atomic mass is 19.1. The largest absolute Gasteiger partial charge is 0.385 e. The summed E-state index contributed by atoms with van der Waals surface area (Å²) >= 11 is 0. The van der Waals surface area contributed by atoms with Gasteiger partial charge in [0.25, 0.3) is 0 Å². The van der Waals surface area contributed by atoms with Gasteiger partial charge in [-0.15, -0.1) is 0 Å². The monoisotopic (exact) mass is 255 g/mol. The average molecular weight is 255 g/mol. The maximum atomic E-state index is 13.4. The minimum absolute atomic E-state index is 0.154. The molecule has 1 aliphatic heterocycles. The molecule has 0 saturated carbocycles. The van der Waals surface area contributed by atoms with Gasteiger partial charge in [-0.2, -0.15) is 0 Å². The minimum atomic E-state index is -0.154. The summed E-state index contributed by atoms with van der Waals surface area (Å²) in [7, 11) is 0. The number of aryl methyl sites for hydroxylation is 3. The molecule has 1 nitrogen and oxygen atoms in total. The molecule has 0 fully saturated rings. The fourth-order valence-electron chi connectivity index (χ4n) is 3.00. The highest BCUT2D eigenvalue weighted by Crippen LogP contribution is 2.32. The second-order valence-corrected chi connectivity index (χ2v) is 5.32.